The third kappa shape index (κ3) is 4.48. The van der Waals surface area contributed by atoms with Crippen molar-refractivity contribution >= 4 is 35.2 Å². The number of thioether (sulfide) groups is 1. The summed E-state index contributed by atoms with van der Waals surface area (Å²) in [5.74, 6) is -1.22. The standard InChI is InChI=1S/C16H20N2O4S/c1-10(15(20)18-9-3-4-14(18)16(21)22)23-13-7-5-12(6-8-13)17-11(2)19/h5-8,10,14H,3-4,9H2,1-2H3,(H,17,19)(H,21,22). The van der Waals surface area contributed by atoms with Crippen molar-refractivity contribution in [3.63, 3.8) is 0 Å². The SMILES string of the molecule is CC(=O)Nc1ccc(SC(C)C(=O)N2CCCC2C(=O)O)cc1. The lowest BCUT2D eigenvalue weighted by atomic mass is 10.2. The Kier molecular flexibility index (Phi) is 5.65. The molecule has 124 valence electrons. The third-order valence-electron chi connectivity index (χ3n) is 3.66. The number of carboxylic acids is 1. The van der Waals surface area contributed by atoms with Crippen LogP contribution in [0.2, 0.25) is 0 Å². The second-order valence-corrected chi connectivity index (χ2v) is 6.91. The second kappa shape index (κ2) is 7.50. The van der Waals surface area contributed by atoms with Gasteiger partial charge < -0.3 is 15.3 Å². The minimum Gasteiger partial charge on any atom is -0.480 e. The molecule has 0 aromatic heterocycles. The number of carboxylic acid groups (broad SMARTS) is 1. The zero-order valence-electron chi connectivity index (χ0n) is 13.1. The monoisotopic (exact) mass is 336 g/mol. The number of anilines is 1. The number of likely N-dealkylation sites (tertiary alicyclic amines) is 1. The van der Waals surface area contributed by atoms with Crippen LogP contribution in [0.4, 0.5) is 5.69 Å². The smallest absolute Gasteiger partial charge is 0.326 e. The molecule has 0 aliphatic carbocycles. The Morgan fingerprint density at radius 3 is 2.52 bits per heavy atom. The average Bonchev–Trinajstić information content (AvgIpc) is 2.97. The van der Waals surface area contributed by atoms with Crippen LogP contribution in [0.15, 0.2) is 29.2 Å². The van der Waals surface area contributed by atoms with Crippen LogP contribution < -0.4 is 5.32 Å². The van der Waals surface area contributed by atoms with Crippen LogP contribution in [0.5, 0.6) is 0 Å². The number of hydrogen-bond acceptors (Lipinski definition) is 4. The van der Waals surface area contributed by atoms with Crippen LogP contribution in [-0.2, 0) is 14.4 Å². The molecule has 1 saturated heterocycles. The summed E-state index contributed by atoms with van der Waals surface area (Å²) in [5, 5.41) is 11.5. The number of nitrogens with one attached hydrogen (secondary N) is 1. The van der Waals surface area contributed by atoms with Gasteiger partial charge in [-0.05, 0) is 44.0 Å². The first kappa shape index (κ1) is 17.3. The number of benzene rings is 1. The number of nitrogens with zero attached hydrogens (tertiary/aromatic N) is 1. The maximum atomic E-state index is 12.5. The van der Waals surface area contributed by atoms with Gasteiger partial charge in [-0.2, -0.15) is 0 Å². The molecule has 0 spiro atoms. The Hall–Kier alpha value is -2.02. The van der Waals surface area contributed by atoms with Crippen molar-refractivity contribution < 1.29 is 19.5 Å². The van der Waals surface area contributed by atoms with E-state index in [9.17, 15) is 19.5 Å². The first-order valence-electron chi connectivity index (χ1n) is 7.46. The highest BCUT2D eigenvalue weighted by Crippen LogP contribution is 2.28. The molecule has 23 heavy (non-hydrogen) atoms. The Bertz CT molecular complexity index is 603. The van der Waals surface area contributed by atoms with Crippen LogP contribution in [0.3, 0.4) is 0 Å². The molecule has 2 N–H and O–H groups in total. The number of carbonyl (C=O) groups excluding carboxylic acids is 2. The zero-order valence-corrected chi connectivity index (χ0v) is 13.9. The first-order valence-corrected chi connectivity index (χ1v) is 8.34. The predicted octanol–water partition coefficient (Wildman–Crippen LogP) is 2.20. The molecule has 2 amide bonds. The molecule has 1 aromatic carbocycles. The van der Waals surface area contributed by atoms with Crippen molar-refractivity contribution in [1.29, 1.82) is 0 Å². The van der Waals surface area contributed by atoms with Crippen LogP contribution >= 0.6 is 11.8 Å². The third-order valence-corrected chi connectivity index (χ3v) is 4.76. The number of amides is 2. The molecule has 1 heterocycles. The highest BCUT2D eigenvalue weighted by atomic mass is 32.2. The molecule has 2 unspecified atom stereocenters. The highest BCUT2D eigenvalue weighted by Gasteiger charge is 2.35. The quantitative estimate of drug-likeness (QED) is 0.805. The van der Waals surface area contributed by atoms with E-state index in [2.05, 4.69) is 5.32 Å². The van der Waals surface area contributed by atoms with E-state index < -0.39 is 12.0 Å². The fourth-order valence-corrected chi connectivity index (χ4v) is 3.53. The van der Waals surface area contributed by atoms with Gasteiger partial charge in [0.1, 0.15) is 6.04 Å². The van der Waals surface area contributed by atoms with Gasteiger partial charge in [0.2, 0.25) is 11.8 Å². The molecule has 1 aromatic rings. The topological polar surface area (TPSA) is 86.7 Å². The fourth-order valence-electron chi connectivity index (χ4n) is 2.60. The van der Waals surface area contributed by atoms with E-state index >= 15 is 0 Å². The van der Waals surface area contributed by atoms with Crippen molar-refractivity contribution in [2.45, 2.75) is 42.9 Å². The number of rotatable bonds is 5. The van der Waals surface area contributed by atoms with Gasteiger partial charge in [-0.3, -0.25) is 9.59 Å². The van der Waals surface area contributed by atoms with E-state index in [4.69, 9.17) is 0 Å². The Morgan fingerprint density at radius 1 is 1.30 bits per heavy atom. The molecular weight excluding hydrogens is 316 g/mol. The molecule has 1 aliphatic rings. The Labute approximate surface area is 139 Å². The molecule has 1 aliphatic heterocycles. The summed E-state index contributed by atoms with van der Waals surface area (Å²) >= 11 is 1.38. The van der Waals surface area contributed by atoms with Crippen LogP contribution in [-0.4, -0.2) is 45.6 Å². The minimum absolute atomic E-state index is 0.136. The van der Waals surface area contributed by atoms with Gasteiger partial charge >= 0.3 is 5.97 Å². The molecule has 6 nitrogen and oxygen atoms in total. The van der Waals surface area contributed by atoms with Crippen molar-refractivity contribution in [1.82, 2.24) is 4.90 Å². The summed E-state index contributed by atoms with van der Waals surface area (Å²) in [5.41, 5.74) is 0.700. The van der Waals surface area contributed by atoms with Gasteiger partial charge in [0.25, 0.3) is 0 Å². The molecular formula is C16H20N2O4S. The number of carbonyl (C=O) groups is 3. The summed E-state index contributed by atoms with van der Waals surface area (Å²) < 4.78 is 0. The number of hydrogen-bond donors (Lipinski definition) is 2. The molecule has 7 heteroatoms. The summed E-state index contributed by atoms with van der Waals surface area (Å²) in [4.78, 5) is 37.0. The van der Waals surface area contributed by atoms with Gasteiger partial charge in [0.15, 0.2) is 0 Å². The maximum Gasteiger partial charge on any atom is 0.326 e. The van der Waals surface area contributed by atoms with Crippen LogP contribution in [0.25, 0.3) is 0 Å². The maximum absolute atomic E-state index is 12.5. The highest BCUT2D eigenvalue weighted by molar-refractivity contribution is 8.00. The van der Waals surface area contributed by atoms with Gasteiger partial charge in [-0.15, -0.1) is 11.8 Å². The van der Waals surface area contributed by atoms with Crippen LogP contribution in [0.1, 0.15) is 26.7 Å². The zero-order chi connectivity index (χ0) is 17.0. The van der Waals surface area contributed by atoms with Gasteiger partial charge in [-0.1, -0.05) is 0 Å². The fraction of sp³-hybridized carbons (Fsp3) is 0.438. The van der Waals surface area contributed by atoms with E-state index in [1.54, 1.807) is 19.1 Å². The van der Waals surface area contributed by atoms with Crippen molar-refractivity contribution in [2.75, 3.05) is 11.9 Å². The Morgan fingerprint density at radius 2 is 1.96 bits per heavy atom. The summed E-state index contributed by atoms with van der Waals surface area (Å²) in [6.45, 7) is 3.73. The molecule has 0 radical (unpaired) electrons. The van der Waals surface area contributed by atoms with E-state index in [0.717, 1.165) is 11.3 Å². The summed E-state index contributed by atoms with van der Waals surface area (Å²) in [6.07, 6.45) is 1.25. The molecule has 0 saturated carbocycles. The Balaban J connectivity index is 1.98. The van der Waals surface area contributed by atoms with Gasteiger partial charge in [-0.25, -0.2) is 4.79 Å². The van der Waals surface area contributed by atoms with E-state index in [0.29, 0.717) is 18.7 Å². The van der Waals surface area contributed by atoms with E-state index in [1.807, 2.05) is 12.1 Å². The number of aliphatic carboxylic acids is 1. The van der Waals surface area contributed by atoms with Crippen molar-refractivity contribution in [3.8, 4) is 0 Å². The lowest BCUT2D eigenvalue weighted by Crippen LogP contribution is -2.43. The first-order chi connectivity index (χ1) is 10.9. The predicted molar refractivity (Wildman–Crippen MR) is 88.4 cm³/mol. The summed E-state index contributed by atoms with van der Waals surface area (Å²) in [6, 6.07) is 6.51. The molecule has 0 bridgehead atoms. The van der Waals surface area contributed by atoms with E-state index in [-0.39, 0.29) is 17.1 Å². The molecule has 2 atom stereocenters. The largest absolute Gasteiger partial charge is 0.480 e. The van der Waals surface area contributed by atoms with Gasteiger partial charge in [0, 0.05) is 24.1 Å². The second-order valence-electron chi connectivity index (χ2n) is 5.49. The lowest BCUT2D eigenvalue weighted by molar-refractivity contribution is -0.147. The van der Waals surface area contributed by atoms with Crippen LogP contribution in [0, 0.1) is 0 Å². The molecule has 2 rings (SSSR count). The van der Waals surface area contributed by atoms with E-state index in [1.165, 1.54) is 23.6 Å². The van der Waals surface area contributed by atoms with Crippen molar-refractivity contribution in [3.05, 3.63) is 24.3 Å². The minimum atomic E-state index is -0.937. The molecule has 1 fully saturated rings. The normalized spacial score (nSPS) is 18.5. The van der Waals surface area contributed by atoms with Crippen molar-refractivity contribution in [2.24, 2.45) is 0 Å². The summed E-state index contributed by atoms with van der Waals surface area (Å²) in [7, 11) is 0. The van der Waals surface area contributed by atoms with Gasteiger partial charge in [0.05, 0.1) is 5.25 Å². The average molecular weight is 336 g/mol. The lowest BCUT2D eigenvalue weighted by Gasteiger charge is -2.24.